The zero-order chi connectivity index (χ0) is 15.8. The number of carbonyl (C=O) groups is 1. The lowest BCUT2D eigenvalue weighted by Crippen LogP contribution is -2.25. The summed E-state index contributed by atoms with van der Waals surface area (Å²) in [5, 5.41) is 3.24. The summed E-state index contributed by atoms with van der Waals surface area (Å²) >= 11 is 1.64. The first-order valence-electron chi connectivity index (χ1n) is 7.26. The van der Waals surface area contributed by atoms with Crippen LogP contribution in [0.4, 0.5) is 0 Å². The van der Waals surface area contributed by atoms with Crippen LogP contribution in [0.25, 0.3) is 0 Å². The number of carbonyl (C=O) groups excluding carboxylic acids is 1. The van der Waals surface area contributed by atoms with E-state index in [1.54, 1.807) is 18.9 Å². The third-order valence-electron chi connectivity index (χ3n) is 3.40. The summed E-state index contributed by atoms with van der Waals surface area (Å²) in [6.45, 7) is 2.61. The predicted octanol–water partition coefficient (Wildman–Crippen LogP) is 3.81. The molecule has 1 amide bonds. The highest BCUT2D eigenvalue weighted by molar-refractivity contribution is 8.00. The van der Waals surface area contributed by atoms with Crippen LogP contribution in [-0.2, 0) is 11.3 Å². The first-order valence-corrected chi connectivity index (χ1v) is 8.30. The lowest BCUT2D eigenvalue weighted by Gasteiger charge is -2.12. The molecule has 22 heavy (non-hydrogen) atoms. The zero-order valence-electron chi connectivity index (χ0n) is 12.9. The molecule has 0 fully saturated rings. The Balaban J connectivity index is 1.79. The summed E-state index contributed by atoms with van der Waals surface area (Å²) < 4.78 is 5.28. The Hall–Kier alpha value is -1.94. The van der Waals surface area contributed by atoms with Crippen LogP contribution in [0.15, 0.2) is 54.6 Å². The summed E-state index contributed by atoms with van der Waals surface area (Å²) in [5.74, 6) is 1.29. The Bertz CT molecular complexity index is 601. The molecule has 3 nitrogen and oxygen atoms in total. The highest BCUT2D eigenvalue weighted by atomic mass is 32.2. The standard InChI is InChI=1S/C18H21NO2S/c1-14(15-8-4-3-5-9-15)22-13-18(20)19-12-16-10-6-7-11-17(16)21-2/h3-11,14H,12-13H2,1-2H3,(H,19,20)/t14-/m0/s1. The van der Waals surface area contributed by atoms with Crippen molar-refractivity contribution in [1.29, 1.82) is 0 Å². The van der Waals surface area contributed by atoms with Crippen LogP contribution in [0.1, 0.15) is 23.3 Å². The van der Waals surface area contributed by atoms with Gasteiger partial charge in [0.05, 0.1) is 12.9 Å². The molecule has 2 aromatic rings. The monoisotopic (exact) mass is 315 g/mol. The second-order valence-corrected chi connectivity index (χ2v) is 6.28. The smallest absolute Gasteiger partial charge is 0.230 e. The van der Waals surface area contributed by atoms with Gasteiger partial charge >= 0.3 is 0 Å². The van der Waals surface area contributed by atoms with Gasteiger partial charge in [0.2, 0.25) is 5.91 Å². The summed E-state index contributed by atoms with van der Waals surface area (Å²) in [6.07, 6.45) is 0. The second kappa shape index (κ2) is 8.49. The van der Waals surface area contributed by atoms with Gasteiger partial charge in [-0.05, 0) is 18.6 Å². The average Bonchev–Trinajstić information content (AvgIpc) is 2.58. The molecule has 1 N–H and O–H groups in total. The van der Waals surface area contributed by atoms with Gasteiger partial charge in [0, 0.05) is 17.4 Å². The molecule has 0 aliphatic rings. The Labute approximate surface area is 136 Å². The lowest BCUT2D eigenvalue weighted by molar-refractivity contribution is -0.118. The van der Waals surface area contributed by atoms with Gasteiger partial charge < -0.3 is 10.1 Å². The molecule has 0 saturated carbocycles. The minimum atomic E-state index is 0.0405. The second-order valence-electron chi connectivity index (χ2n) is 4.95. The van der Waals surface area contributed by atoms with Crippen molar-refractivity contribution in [3.8, 4) is 5.75 Å². The fraction of sp³-hybridized carbons (Fsp3) is 0.278. The van der Waals surface area contributed by atoms with Crippen LogP contribution in [0, 0.1) is 0 Å². The summed E-state index contributed by atoms with van der Waals surface area (Å²) in [7, 11) is 1.64. The van der Waals surface area contributed by atoms with Gasteiger partial charge in [0.25, 0.3) is 0 Å². The van der Waals surface area contributed by atoms with E-state index in [9.17, 15) is 4.79 Å². The molecule has 0 saturated heterocycles. The topological polar surface area (TPSA) is 38.3 Å². The van der Waals surface area contributed by atoms with E-state index in [-0.39, 0.29) is 5.91 Å². The van der Waals surface area contributed by atoms with Crippen LogP contribution in [0.3, 0.4) is 0 Å². The van der Waals surface area contributed by atoms with E-state index in [0.717, 1.165) is 11.3 Å². The van der Waals surface area contributed by atoms with E-state index >= 15 is 0 Å². The fourth-order valence-electron chi connectivity index (χ4n) is 2.11. The summed E-state index contributed by atoms with van der Waals surface area (Å²) in [5.41, 5.74) is 2.23. The largest absolute Gasteiger partial charge is 0.496 e. The molecule has 116 valence electrons. The van der Waals surface area contributed by atoms with Crippen molar-refractivity contribution < 1.29 is 9.53 Å². The van der Waals surface area contributed by atoms with Crippen molar-refractivity contribution in [2.24, 2.45) is 0 Å². The van der Waals surface area contributed by atoms with Crippen molar-refractivity contribution in [3.63, 3.8) is 0 Å². The molecule has 0 aromatic heterocycles. The highest BCUT2D eigenvalue weighted by Crippen LogP contribution is 2.27. The van der Waals surface area contributed by atoms with E-state index in [0.29, 0.717) is 17.5 Å². The van der Waals surface area contributed by atoms with Crippen molar-refractivity contribution in [2.45, 2.75) is 18.7 Å². The molecule has 0 aliphatic heterocycles. The lowest BCUT2D eigenvalue weighted by atomic mass is 10.2. The maximum Gasteiger partial charge on any atom is 0.230 e. The van der Waals surface area contributed by atoms with Crippen LogP contribution < -0.4 is 10.1 Å². The fourth-order valence-corrected chi connectivity index (χ4v) is 2.97. The first-order chi connectivity index (χ1) is 10.7. The van der Waals surface area contributed by atoms with Gasteiger partial charge in [-0.25, -0.2) is 0 Å². The van der Waals surface area contributed by atoms with Crippen molar-refractivity contribution in [1.82, 2.24) is 5.32 Å². The van der Waals surface area contributed by atoms with Crippen molar-refractivity contribution in [2.75, 3.05) is 12.9 Å². The van der Waals surface area contributed by atoms with Crippen molar-refractivity contribution in [3.05, 3.63) is 65.7 Å². The zero-order valence-corrected chi connectivity index (χ0v) is 13.7. The number of hydrogen-bond donors (Lipinski definition) is 1. The quantitative estimate of drug-likeness (QED) is 0.844. The molecular formula is C18H21NO2S. The molecule has 0 aliphatic carbocycles. The van der Waals surface area contributed by atoms with Crippen LogP contribution in [0.2, 0.25) is 0 Å². The van der Waals surface area contributed by atoms with E-state index < -0.39 is 0 Å². The molecule has 2 aromatic carbocycles. The maximum atomic E-state index is 12.0. The van der Waals surface area contributed by atoms with Crippen LogP contribution in [0.5, 0.6) is 5.75 Å². The molecule has 0 spiro atoms. The number of amides is 1. The van der Waals surface area contributed by atoms with Gasteiger partial charge in [-0.1, -0.05) is 48.5 Å². The molecule has 1 atom stereocenters. The Kier molecular flexibility index (Phi) is 6.34. The number of nitrogens with one attached hydrogen (secondary N) is 1. The Morgan fingerprint density at radius 1 is 1.14 bits per heavy atom. The SMILES string of the molecule is COc1ccccc1CNC(=O)CS[C@@H](C)c1ccccc1. The normalized spacial score (nSPS) is 11.7. The number of thioether (sulfide) groups is 1. The van der Waals surface area contributed by atoms with Crippen LogP contribution >= 0.6 is 11.8 Å². The molecule has 2 rings (SSSR count). The maximum absolute atomic E-state index is 12.0. The summed E-state index contributed by atoms with van der Waals surface area (Å²) in [6, 6.07) is 17.9. The molecule has 0 unspecified atom stereocenters. The number of para-hydroxylation sites is 1. The molecule has 0 bridgehead atoms. The number of hydrogen-bond acceptors (Lipinski definition) is 3. The van der Waals surface area contributed by atoms with Gasteiger partial charge in [-0.15, -0.1) is 11.8 Å². The minimum absolute atomic E-state index is 0.0405. The van der Waals surface area contributed by atoms with Gasteiger partial charge in [-0.2, -0.15) is 0 Å². The average molecular weight is 315 g/mol. The highest BCUT2D eigenvalue weighted by Gasteiger charge is 2.09. The van der Waals surface area contributed by atoms with Gasteiger partial charge in [-0.3, -0.25) is 4.79 Å². The molecule has 0 heterocycles. The third-order valence-corrected chi connectivity index (χ3v) is 4.60. The summed E-state index contributed by atoms with van der Waals surface area (Å²) in [4.78, 5) is 12.0. The molecular weight excluding hydrogens is 294 g/mol. The van der Waals surface area contributed by atoms with Gasteiger partial charge in [0.1, 0.15) is 5.75 Å². The van der Waals surface area contributed by atoms with Crippen LogP contribution in [-0.4, -0.2) is 18.8 Å². The minimum Gasteiger partial charge on any atom is -0.496 e. The predicted molar refractivity (Wildman–Crippen MR) is 92.2 cm³/mol. The van der Waals surface area contributed by atoms with E-state index in [1.165, 1.54) is 5.56 Å². The molecule has 4 heteroatoms. The molecule has 0 radical (unpaired) electrons. The Morgan fingerprint density at radius 3 is 2.55 bits per heavy atom. The Morgan fingerprint density at radius 2 is 1.82 bits per heavy atom. The third kappa shape index (κ3) is 4.81. The van der Waals surface area contributed by atoms with Gasteiger partial charge in [0.15, 0.2) is 0 Å². The number of ether oxygens (including phenoxy) is 1. The number of methoxy groups -OCH3 is 1. The number of rotatable bonds is 7. The first kappa shape index (κ1) is 16.4. The van der Waals surface area contributed by atoms with E-state index in [2.05, 4.69) is 24.4 Å². The number of benzene rings is 2. The van der Waals surface area contributed by atoms with Crippen molar-refractivity contribution >= 4 is 17.7 Å². The van der Waals surface area contributed by atoms with E-state index in [4.69, 9.17) is 4.74 Å². The van der Waals surface area contributed by atoms with E-state index in [1.807, 2.05) is 42.5 Å².